The standard InChI is InChI=1S/C10H12N8O3S/c11-8-7(9(19)17-16-8)15-14-5-1-3-6(4-2-5)22(20,21)18-10(12)13/h1-4H,(H4,12,13,18)(H4,11,16,17,19). The number of hydrogen-bond acceptors (Lipinski definition) is 6. The number of sulfonamides is 1. The third-order valence-electron chi connectivity index (χ3n) is 2.41. The van der Waals surface area contributed by atoms with Crippen molar-refractivity contribution >= 4 is 33.2 Å². The Bertz CT molecular complexity index is 887. The molecule has 0 aliphatic rings. The lowest BCUT2D eigenvalue weighted by atomic mass is 10.3. The minimum absolute atomic E-state index is 0.0423. The van der Waals surface area contributed by atoms with Gasteiger partial charge < -0.3 is 17.2 Å². The van der Waals surface area contributed by atoms with Gasteiger partial charge in [-0.15, -0.1) is 9.51 Å². The van der Waals surface area contributed by atoms with Gasteiger partial charge in [0.1, 0.15) is 5.82 Å². The molecule has 0 spiro atoms. The molecule has 12 heteroatoms. The number of nitrogen functional groups attached to an aromatic ring is 1. The van der Waals surface area contributed by atoms with Crippen molar-refractivity contribution in [3.8, 4) is 0 Å². The van der Waals surface area contributed by atoms with Crippen LogP contribution in [0, 0.1) is 0 Å². The number of nitrogens with two attached hydrogens (primary N) is 3. The zero-order valence-corrected chi connectivity index (χ0v) is 11.8. The van der Waals surface area contributed by atoms with Crippen LogP contribution in [-0.4, -0.2) is 24.6 Å². The summed E-state index contributed by atoms with van der Waals surface area (Å²) in [6, 6.07) is 5.24. The summed E-state index contributed by atoms with van der Waals surface area (Å²) in [5, 5.41) is 12.1. The Balaban J connectivity index is 2.27. The highest BCUT2D eigenvalue weighted by molar-refractivity contribution is 7.90. The topological polar surface area (TPSA) is 198 Å². The number of azo groups is 1. The van der Waals surface area contributed by atoms with E-state index in [1.54, 1.807) is 0 Å². The molecule has 0 saturated heterocycles. The number of guanidine groups is 1. The Hall–Kier alpha value is -3.15. The first-order valence-electron chi connectivity index (χ1n) is 5.73. The van der Waals surface area contributed by atoms with Crippen LogP contribution in [0.15, 0.2) is 48.6 Å². The first kappa shape index (κ1) is 15.2. The van der Waals surface area contributed by atoms with Gasteiger partial charge in [0.2, 0.25) is 5.96 Å². The number of hydrogen-bond donors (Lipinski definition) is 5. The third kappa shape index (κ3) is 3.29. The van der Waals surface area contributed by atoms with Gasteiger partial charge in [-0.05, 0) is 24.3 Å². The zero-order valence-electron chi connectivity index (χ0n) is 11.0. The maximum atomic E-state index is 11.7. The lowest BCUT2D eigenvalue weighted by molar-refractivity contribution is 0.598. The molecule has 1 heterocycles. The van der Waals surface area contributed by atoms with Crippen molar-refractivity contribution in [3.05, 3.63) is 34.6 Å². The summed E-state index contributed by atoms with van der Waals surface area (Å²) >= 11 is 0. The van der Waals surface area contributed by atoms with Crippen LogP contribution in [0.1, 0.15) is 0 Å². The molecule has 0 bridgehead atoms. The molecule has 2 aromatic rings. The van der Waals surface area contributed by atoms with E-state index in [1.165, 1.54) is 24.3 Å². The molecule has 116 valence electrons. The first-order valence-corrected chi connectivity index (χ1v) is 7.17. The fourth-order valence-electron chi connectivity index (χ4n) is 1.45. The third-order valence-corrected chi connectivity index (χ3v) is 3.73. The van der Waals surface area contributed by atoms with Crippen LogP contribution in [0.3, 0.4) is 0 Å². The molecule has 0 fully saturated rings. The van der Waals surface area contributed by atoms with Crippen LogP contribution >= 0.6 is 0 Å². The monoisotopic (exact) mass is 324 g/mol. The second-order valence-corrected chi connectivity index (χ2v) is 5.63. The molecule has 22 heavy (non-hydrogen) atoms. The fraction of sp³-hybridized carbons (Fsp3) is 0. The number of H-pyrrole nitrogens is 2. The van der Waals surface area contributed by atoms with Crippen molar-refractivity contribution in [2.24, 2.45) is 26.1 Å². The zero-order chi connectivity index (χ0) is 16.3. The van der Waals surface area contributed by atoms with Crippen LogP contribution in [0.5, 0.6) is 0 Å². The molecule has 0 aliphatic heterocycles. The lowest BCUT2D eigenvalue weighted by Crippen LogP contribution is -2.24. The lowest BCUT2D eigenvalue weighted by Gasteiger charge is -1.99. The van der Waals surface area contributed by atoms with Gasteiger partial charge in [-0.25, -0.2) is 0 Å². The van der Waals surface area contributed by atoms with Crippen molar-refractivity contribution in [1.29, 1.82) is 0 Å². The number of nitrogens with one attached hydrogen (secondary N) is 2. The average Bonchev–Trinajstić information content (AvgIpc) is 2.75. The van der Waals surface area contributed by atoms with Crippen LogP contribution < -0.4 is 22.8 Å². The maximum absolute atomic E-state index is 11.7. The number of rotatable bonds is 4. The van der Waals surface area contributed by atoms with E-state index >= 15 is 0 Å². The summed E-state index contributed by atoms with van der Waals surface area (Å²) in [7, 11) is -3.96. The molecule has 0 unspecified atom stereocenters. The van der Waals surface area contributed by atoms with Crippen molar-refractivity contribution < 1.29 is 8.42 Å². The van der Waals surface area contributed by atoms with E-state index in [1.807, 2.05) is 0 Å². The van der Waals surface area contributed by atoms with E-state index in [9.17, 15) is 13.2 Å². The second-order valence-electron chi connectivity index (χ2n) is 4.03. The minimum atomic E-state index is -3.96. The number of anilines is 1. The van der Waals surface area contributed by atoms with Crippen LogP contribution in [0.2, 0.25) is 0 Å². The molecule has 8 N–H and O–H groups in total. The predicted octanol–water partition coefficient (Wildman–Crippen LogP) is -0.337. The molecular weight excluding hydrogens is 312 g/mol. The summed E-state index contributed by atoms with van der Waals surface area (Å²) in [5.41, 5.74) is 15.3. The van der Waals surface area contributed by atoms with Crippen molar-refractivity contribution in [2.75, 3.05) is 5.73 Å². The molecule has 11 nitrogen and oxygen atoms in total. The maximum Gasteiger partial charge on any atom is 0.293 e. The van der Waals surface area contributed by atoms with Gasteiger partial charge in [0, 0.05) is 0 Å². The smallest absolute Gasteiger partial charge is 0.293 e. The molecule has 0 atom stereocenters. The molecule has 0 aliphatic carbocycles. The summed E-state index contributed by atoms with van der Waals surface area (Å²) in [4.78, 5) is 11.2. The average molecular weight is 324 g/mol. The summed E-state index contributed by atoms with van der Waals surface area (Å²) in [5.74, 6) is -0.522. The summed E-state index contributed by atoms with van der Waals surface area (Å²) < 4.78 is 26.6. The normalized spacial score (nSPS) is 11.6. The SMILES string of the molecule is NC(N)=NS(=O)(=O)c1ccc(N=Nc2c(N)[nH][nH]c2=O)cc1. The van der Waals surface area contributed by atoms with Gasteiger partial charge in [0.05, 0.1) is 10.6 Å². The Morgan fingerprint density at radius 3 is 2.18 bits per heavy atom. The highest BCUT2D eigenvalue weighted by Crippen LogP contribution is 2.21. The Kier molecular flexibility index (Phi) is 3.94. The van der Waals surface area contributed by atoms with Crippen LogP contribution in [0.25, 0.3) is 0 Å². The molecule has 1 aromatic heterocycles. The predicted molar refractivity (Wildman–Crippen MR) is 79.4 cm³/mol. The van der Waals surface area contributed by atoms with Crippen molar-refractivity contribution in [3.63, 3.8) is 0 Å². The molecule has 2 rings (SSSR count). The highest BCUT2D eigenvalue weighted by atomic mass is 32.2. The summed E-state index contributed by atoms with van der Waals surface area (Å²) in [6.45, 7) is 0. The van der Waals surface area contributed by atoms with Gasteiger partial charge in [0.25, 0.3) is 15.6 Å². The number of benzene rings is 1. The van der Waals surface area contributed by atoms with E-state index < -0.39 is 21.5 Å². The van der Waals surface area contributed by atoms with Gasteiger partial charge in [-0.1, -0.05) is 0 Å². The Morgan fingerprint density at radius 2 is 1.68 bits per heavy atom. The van der Waals surface area contributed by atoms with Gasteiger partial charge in [-0.3, -0.25) is 15.0 Å². The largest absolute Gasteiger partial charge is 0.382 e. The van der Waals surface area contributed by atoms with Gasteiger partial charge >= 0.3 is 0 Å². The first-order chi connectivity index (χ1) is 10.3. The second kappa shape index (κ2) is 5.69. The quantitative estimate of drug-likeness (QED) is 0.289. The Morgan fingerprint density at radius 1 is 1.05 bits per heavy atom. The van der Waals surface area contributed by atoms with Crippen LogP contribution in [0.4, 0.5) is 17.2 Å². The van der Waals surface area contributed by atoms with Crippen molar-refractivity contribution in [2.45, 2.75) is 4.90 Å². The molecule has 0 amide bonds. The van der Waals surface area contributed by atoms with Crippen LogP contribution in [-0.2, 0) is 10.0 Å². The van der Waals surface area contributed by atoms with E-state index in [0.717, 1.165) is 0 Å². The number of aromatic amines is 2. The Labute approximate surface area is 124 Å². The molecule has 1 aromatic carbocycles. The number of aromatic nitrogens is 2. The molecule has 0 saturated carbocycles. The van der Waals surface area contributed by atoms with Gasteiger partial charge in [-0.2, -0.15) is 13.5 Å². The van der Waals surface area contributed by atoms with E-state index in [2.05, 4.69) is 24.8 Å². The highest BCUT2D eigenvalue weighted by Gasteiger charge is 2.12. The van der Waals surface area contributed by atoms with E-state index in [4.69, 9.17) is 17.2 Å². The van der Waals surface area contributed by atoms with E-state index in [0.29, 0.717) is 5.69 Å². The van der Waals surface area contributed by atoms with Crippen molar-refractivity contribution in [1.82, 2.24) is 10.2 Å². The minimum Gasteiger partial charge on any atom is -0.382 e. The summed E-state index contributed by atoms with van der Waals surface area (Å²) in [6.07, 6.45) is 0. The van der Waals surface area contributed by atoms with E-state index in [-0.39, 0.29) is 16.4 Å². The molecular formula is C10H12N8O3S. The number of nitrogens with zero attached hydrogens (tertiary/aromatic N) is 3. The fourth-order valence-corrected chi connectivity index (χ4v) is 2.31. The molecule has 0 radical (unpaired) electrons. The van der Waals surface area contributed by atoms with Gasteiger partial charge in [0.15, 0.2) is 5.69 Å².